The van der Waals surface area contributed by atoms with E-state index < -0.39 is 0 Å². The molecule has 2 nitrogen and oxygen atoms in total. The summed E-state index contributed by atoms with van der Waals surface area (Å²) in [6.07, 6.45) is 2.51. The Morgan fingerprint density at radius 1 is 1.50 bits per heavy atom. The average molecular weight is 282 g/mol. The van der Waals surface area contributed by atoms with Crippen LogP contribution in [0.2, 0.25) is 0 Å². The molecule has 0 aliphatic heterocycles. The standard InChI is InChI=1S/C13H16BrNO/c1-3-10-15(13(16)12(14)4-2)11-8-6-5-7-9-11/h3,5-9,12H,1,4,10H2,2H3. The fourth-order valence-electron chi connectivity index (χ4n) is 1.40. The molecule has 0 aliphatic rings. The van der Waals surface area contributed by atoms with Gasteiger partial charge in [0.15, 0.2) is 0 Å². The Morgan fingerprint density at radius 3 is 2.62 bits per heavy atom. The summed E-state index contributed by atoms with van der Waals surface area (Å²) in [5, 5.41) is 0. The first-order chi connectivity index (χ1) is 7.70. The molecule has 0 N–H and O–H groups in total. The van der Waals surface area contributed by atoms with Crippen LogP contribution in [0.4, 0.5) is 5.69 Å². The van der Waals surface area contributed by atoms with Gasteiger partial charge in [-0.1, -0.05) is 47.1 Å². The SMILES string of the molecule is C=CCN(C(=O)C(Br)CC)c1ccccc1. The predicted molar refractivity (Wildman–Crippen MR) is 72.0 cm³/mol. The molecule has 1 aromatic carbocycles. The molecule has 0 aliphatic carbocycles. The smallest absolute Gasteiger partial charge is 0.241 e. The molecule has 1 unspecified atom stereocenters. The van der Waals surface area contributed by atoms with E-state index in [4.69, 9.17) is 0 Å². The monoisotopic (exact) mass is 281 g/mol. The second-order valence-corrected chi connectivity index (χ2v) is 4.55. The highest BCUT2D eigenvalue weighted by Gasteiger charge is 2.20. The molecule has 1 atom stereocenters. The summed E-state index contributed by atoms with van der Waals surface area (Å²) in [5.74, 6) is 0.0774. The van der Waals surface area contributed by atoms with E-state index in [1.807, 2.05) is 37.3 Å². The number of carbonyl (C=O) groups excluding carboxylic acids is 1. The molecule has 1 aromatic rings. The normalized spacial score (nSPS) is 11.9. The first-order valence-electron chi connectivity index (χ1n) is 5.32. The molecule has 0 heterocycles. The number of rotatable bonds is 5. The summed E-state index contributed by atoms with van der Waals surface area (Å²) in [4.78, 5) is 13.7. The Labute approximate surface area is 105 Å². The maximum absolute atomic E-state index is 12.1. The number of anilines is 1. The summed E-state index contributed by atoms with van der Waals surface area (Å²) >= 11 is 3.38. The molecule has 0 radical (unpaired) electrons. The van der Waals surface area contributed by atoms with Crippen molar-refractivity contribution < 1.29 is 4.79 Å². The number of alkyl halides is 1. The van der Waals surface area contributed by atoms with Crippen molar-refractivity contribution in [2.75, 3.05) is 11.4 Å². The lowest BCUT2D eigenvalue weighted by Gasteiger charge is -2.23. The van der Waals surface area contributed by atoms with Crippen LogP contribution in [-0.4, -0.2) is 17.3 Å². The van der Waals surface area contributed by atoms with E-state index in [1.165, 1.54) is 0 Å². The van der Waals surface area contributed by atoms with Gasteiger partial charge in [-0.3, -0.25) is 4.79 Å². The Balaban J connectivity index is 2.91. The minimum atomic E-state index is -0.132. The first-order valence-corrected chi connectivity index (χ1v) is 6.23. The zero-order valence-corrected chi connectivity index (χ0v) is 11.0. The van der Waals surface area contributed by atoms with E-state index in [1.54, 1.807) is 11.0 Å². The van der Waals surface area contributed by atoms with Gasteiger partial charge < -0.3 is 4.90 Å². The molecule has 0 saturated heterocycles. The largest absolute Gasteiger partial charge is 0.308 e. The average Bonchev–Trinajstić information content (AvgIpc) is 2.35. The van der Waals surface area contributed by atoms with Gasteiger partial charge in [0, 0.05) is 12.2 Å². The molecular weight excluding hydrogens is 266 g/mol. The zero-order chi connectivity index (χ0) is 12.0. The van der Waals surface area contributed by atoms with Crippen molar-refractivity contribution in [1.29, 1.82) is 0 Å². The van der Waals surface area contributed by atoms with E-state index in [2.05, 4.69) is 22.5 Å². The topological polar surface area (TPSA) is 20.3 Å². The van der Waals surface area contributed by atoms with Gasteiger partial charge in [-0.05, 0) is 18.6 Å². The molecule has 16 heavy (non-hydrogen) atoms. The van der Waals surface area contributed by atoms with Crippen LogP contribution in [0.1, 0.15) is 13.3 Å². The number of para-hydroxylation sites is 1. The van der Waals surface area contributed by atoms with Gasteiger partial charge in [-0.2, -0.15) is 0 Å². The third-order valence-electron chi connectivity index (χ3n) is 2.27. The molecule has 3 heteroatoms. The quantitative estimate of drug-likeness (QED) is 0.599. The second-order valence-electron chi connectivity index (χ2n) is 3.45. The molecule has 1 rings (SSSR count). The van der Waals surface area contributed by atoms with E-state index in [0.29, 0.717) is 6.54 Å². The van der Waals surface area contributed by atoms with Crippen molar-refractivity contribution >= 4 is 27.5 Å². The van der Waals surface area contributed by atoms with Crippen LogP contribution >= 0.6 is 15.9 Å². The van der Waals surface area contributed by atoms with Crippen LogP contribution in [0.3, 0.4) is 0 Å². The lowest BCUT2D eigenvalue weighted by molar-refractivity contribution is -0.117. The Hall–Kier alpha value is -1.09. The number of hydrogen-bond donors (Lipinski definition) is 0. The van der Waals surface area contributed by atoms with Crippen molar-refractivity contribution in [2.24, 2.45) is 0 Å². The van der Waals surface area contributed by atoms with Crippen molar-refractivity contribution in [1.82, 2.24) is 0 Å². The van der Waals surface area contributed by atoms with Gasteiger partial charge in [0.2, 0.25) is 5.91 Å². The highest BCUT2D eigenvalue weighted by Crippen LogP contribution is 2.18. The van der Waals surface area contributed by atoms with Crippen LogP contribution in [0, 0.1) is 0 Å². The summed E-state index contributed by atoms with van der Waals surface area (Å²) in [6, 6.07) is 9.64. The molecule has 0 aromatic heterocycles. The maximum atomic E-state index is 12.1. The molecule has 1 amide bonds. The van der Waals surface area contributed by atoms with Crippen LogP contribution in [0.15, 0.2) is 43.0 Å². The highest BCUT2D eigenvalue weighted by molar-refractivity contribution is 9.10. The summed E-state index contributed by atoms with van der Waals surface area (Å²) in [7, 11) is 0. The molecule has 86 valence electrons. The third kappa shape index (κ3) is 3.20. The summed E-state index contributed by atoms with van der Waals surface area (Å²) in [5.41, 5.74) is 0.908. The minimum absolute atomic E-state index is 0.0774. The predicted octanol–water partition coefficient (Wildman–Crippen LogP) is 3.38. The number of amides is 1. The number of carbonyl (C=O) groups is 1. The third-order valence-corrected chi connectivity index (χ3v) is 3.31. The van der Waals surface area contributed by atoms with Gasteiger partial charge in [-0.25, -0.2) is 0 Å². The van der Waals surface area contributed by atoms with Crippen LogP contribution in [0.25, 0.3) is 0 Å². The zero-order valence-electron chi connectivity index (χ0n) is 9.40. The molecule has 0 fully saturated rings. The Morgan fingerprint density at radius 2 is 2.12 bits per heavy atom. The second kappa shape index (κ2) is 6.48. The maximum Gasteiger partial charge on any atom is 0.241 e. The minimum Gasteiger partial charge on any atom is -0.308 e. The van der Waals surface area contributed by atoms with E-state index in [9.17, 15) is 4.79 Å². The first kappa shape index (κ1) is 13.0. The molecule has 0 spiro atoms. The number of nitrogens with zero attached hydrogens (tertiary/aromatic N) is 1. The molecular formula is C13H16BrNO. The van der Waals surface area contributed by atoms with Crippen LogP contribution in [-0.2, 0) is 4.79 Å². The van der Waals surface area contributed by atoms with Gasteiger partial charge in [0.05, 0.1) is 4.83 Å². The Kier molecular flexibility index (Phi) is 5.26. The van der Waals surface area contributed by atoms with Gasteiger partial charge in [0.1, 0.15) is 0 Å². The summed E-state index contributed by atoms with van der Waals surface area (Å²) in [6.45, 7) is 6.20. The van der Waals surface area contributed by atoms with Crippen LogP contribution < -0.4 is 4.90 Å². The van der Waals surface area contributed by atoms with Crippen molar-refractivity contribution in [2.45, 2.75) is 18.2 Å². The number of hydrogen-bond acceptors (Lipinski definition) is 1. The van der Waals surface area contributed by atoms with Crippen molar-refractivity contribution in [3.8, 4) is 0 Å². The van der Waals surface area contributed by atoms with Gasteiger partial charge in [-0.15, -0.1) is 6.58 Å². The fourth-order valence-corrected chi connectivity index (χ4v) is 1.65. The van der Waals surface area contributed by atoms with Gasteiger partial charge >= 0.3 is 0 Å². The molecule has 0 bridgehead atoms. The number of halogens is 1. The lowest BCUT2D eigenvalue weighted by atomic mass is 10.2. The van der Waals surface area contributed by atoms with Crippen molar-refractivity contribution in [3.63, 3.8) is 0 Å². The fraction of sp³-hybridized carbons (Fsp3) is 0.308. The van der Waals surface area contributed by atoms with E-state index in [-0.39, 0.29) is 10.7 Å². The number of benzene rings is 1. The lowest BCUT2D eigenvalue weighted by Crippen LogP contribution is -2.36. The van der Waals surface area contributed by atoms with E-state index in [0.717, 1.165) is 12.1 Å². The Bertz CT molecular complexity index is 350. The van der Waals surface area contributed by atoms with Crippen molar-refractivity contribution in [3.05, 3.63) is 43.0 Å². The highest BCUT2D eigenvalue weighted by atomic mass is 79.9. The van der Waals surface area contributed by atoms with Crippen LogP contribution in [0.5, 0.6) is 0 Å². The summed E-state index contributed by atoms with van der Waals surface area (Å²) < 4.78 is 0. The van der Waals surface area contributed by atoms with E-state index >= 15 is 0 Å². The van der Waals surface area contributed by atoms with Gasteiger partial charge in [0.25, 0.3) is 0 Å². The molecule has 0 saturated carbocycles.